The normalized spacial score (nSPS) is 10.8. The first kappa shape index (κ1) is 11.5. The van der Waals surface area contributed by atoms with Crippen LogP contribution >= 0.6 is 0 Å². The molecule has 1 N–H and O–H groups in total. The third-order valence-corrected chi connectivity index (χ3v) is 2.71. The number of carbonyl (C=O) groups excluding carboxylic acids is 1. The SMILES string of the molecule is Cc1cc(C(=O)NCc2cc3ccccn3n2)no1. The van der Waals surface area contributed by atoms with Gasteiger partial charge in [-0.1, -0.05) is 11.2 Å². The molecule has 0 saturated carbocycles. The van der Waals surface area contributed by atoms with Crippen LogP contribution in [0.2, 0.25) is 0 Å². The number of aromatic nitrogens is 3. The van der Waals surface area contributed by atoms with Crippen LogP contribution in [0, 0.1) is 6.92 Å². The summed E-state index contributed by atoms with van der Waals surface area (Å²) in [6.07, 6.45) is 1.86. The Bertz CT molecular complexity index is 696. The van der Waals surface area contributed by atoms with Crippen molar-refractivity contribution in [3.8, 4) is 0 Å². The van der Waals surface area contributed by atoms with Gasteiger partial charge >= 0.3 is 0 Å². The molecular weight excluding hydrogens is 244 g/mol. The summed E-state index contributed by atoms with van der Waals surface area (Å²) in [5.74, 6) is 0.340. The number of pyridine rings is 1. The molecule has 0 atom stereocenters. The molecule has 0 aliphatic rings. The Morgan fingerprint density at radius 1 is 1.42 bits per heavy atom. The fraction of sp³-hybridized carbons (Fsp3) is 0.154. The van der Waals surface area contributed by atoms with Crippen molar-refractivity contribution < 1.29 is 9.32 Å². The second-order valence-electron chi connectivity index (χ2n) is 4.21. The first-order chi connectivity index (χ1) is 9.22. The maximum Gasteiger partial charge on any atom is 0.273 e. The maximum absolute atomic E-state index is 11.8. The summed E-state index contributed by atoms with van der Waals surface area (Å²) in [4.78, 5) is 11.8. The minimum absolute atomic E-state index is 0.270. The van der Waals surface area contributed by atoms with Gasteiger partial charge in [-0.05, 0) is 25.1 Å². The number of amides is 1. The lowest BCUT2D eigenvalue weighted by Crippen LogP contribution is -2.23. The number of hydrogen-bond donors (Lipinski definition) is 1. The van der Waals surface area contributed by atoms with Crippen molar-refractivity contribution in [2.24, 2.45) is 0 Å². The molecule has 3 aromatic rings. The van der Waals surface area contributed by atoms with Gasteiger partial charge in [-0.2, -0.15) is 5.10 Å². The first-order valence-electron chi connectivity index (χ1n) is 5.87. The predicted octanol–water partition coefficient (Wildman–Crippen LogP) is 1.56. The van der Waals surface area contributed by atoms with E-state index in [0.29, 0.717) is 12.3 Å². The lowest BCUT2D eigenvalue weighted by atomic mass is 10.3. The lowest BCUT2D eigenvalue weighted by molar-refractivity contribution is 0.0941. The minimum Gasteiger partial charge on any atom is -0.361 e. The maximum atomic E-state index is 11.8. The molecule has 3 rings (SSSR count). The largest absolute Gasteiger partial charge is 0.361 e. The molecular formula is C13H12N4O2. The number of rotatable bonds is 3. The zero-order valence-corrected chi connectivity index (χ0v) is 10.3. The molecule has 6 nitrogen and oxygen atoms in total. The summed E-state index contributed by atoms with van der Waals surface area (Å²) in [5.41, 5.74) is 2.06. The highest BCUT2D eigenvalue weighted by Crippen LogP contribution is 2.06. The molecule has 0 aliphatic heterocycles. The van der Waals surface area contributed by atoms with Crippen LogP contribution in [0.15, 0.2) is 41.1 Å². The molecule has 6 heteroatoms. The topological polar surface area (TPSA) is 72.4 Å². The lowest BCUT2D eigenvalue weighted by Gasteiger charge is -1.98. The summed E-state index contributed by atoms with van der Waals surface area (Å²) in [5, 5.41) is 10.8. The van der Waals surface area contributed by atoms with E-state index in [9.17, 15) is 4.79 Å². The third kappa shape index (κ3) is 2.33. The third-order valence-electron chi connectivity index (χ3n) is 2.71. The number of hydrogen-bond acceptors (Lipinski definition) is 4. The van der Waals surface area contributed by atoms with E-state index in [1.54, 1.807) is 17.5 Å². The van der Waals surface area contributed by atoms with E-state index in [0.717, 1.165) is 11.2 Å². The van der Waals surface area contributed by atoms with Gasteiger partial charge in [0.05, 0.1) is 17.8 Å². The van der Waals surface area contributed by atoms with E-state index in [-0.39, 0.29) is 11.6 Å². The zero-order chi connectivity index (χ0) is 13.2. The Hall–Kier alpha value is -2.63. The van der Waals surface area contributed by atoms with Crippen molar-refractivity contribution in [2.45, 2.75) is 13.5 Å². The van der Waals surface area contributed by atoms with Crippen molar-refractivity contribution in [1.82, 2.24) is 20.1 Å². The van der Waals surface area contributed by atoms with E-state index in [1.165, 1.54) is 0 Å². The number of aryl methyl sites for hydroxylation is 1. The number of nitrogens with zero attached hydrogens (tertiary/aromatic N) is 3. The standard InChI is InChI=1S/C13H12N4O2/c1-9-6-12(16-19-9)13(18)14-8-10-7-11-4-2-3-5-17(11)15-10/h2-7H,8H2,1H3,(H,14,18). The fourth-order valence-corrected chi connectivity index (χ4v) is 1.81. The van der Waals surface area contributed by atoms with Crippen LogP contribution in [-0.2, 0) is 6.54 Å². The second kappa shape index (κ2) is 4.56. The van der Waals surface area contributed by atoms with Crippen molar-refractivity contribution in [3.05, 3.63) is 53.7 Å². The van der Waals surface area contributed by atoms with Crippen LogP contribution in [0.5, 0.6) is 0 Å². The molecule has 0 spiro atoms. The number of fused-ring (bicyclic) bond motifs is 1. The van der Waals surface area contributed by atoms with Crippen molar-refractivity contribution in [1.29, 1.82) is 0 Å². The summed E-state index contributed by atoms with van der Waals surface area (Å²) in [6.45, 7) is 2.10. The smallest absolute Gasteiger partial charge is 0.273 e. The Balaban J connectivity index is 1.70. The highest BCUT2D eigenvalue weighted by Gasteiger charge is 2.11. The van der Waals surface area contributed by atoms with Gasteiger partial charge in [0.15, 0.2) is 5.69 Å². The first-order valence-corrected chi connectivity index (χ1v) is 5.87. The summed E-state index contributed by atoms with van der Waals surface area (Å²) < 4.78 is 6.62. The van der Waals surface area contributed by atoms with Crippen LogP contribution in [-0.4, -0.2) is 20.7 Å². The highest BCUT2D eigenvalue weighted by atomic mass is 16.5. The van der Waals surface area contributed by atoms with E-state index >= 15 is 0 Å². The van der Waals surface area contributed by atoms with E-state index in [1.807, 2.05) is 30.5 Å². The van der Waals surface area contributed by atoms with Crippen LogP contribution < -0.4 is 5.32 Å². The molecule has 0 bridgehead atoms. The van der Waals surface area contributed by atoms with Crippen LogP contribution in [0.3, 0.4) is 0 Å². The van der Waals surface area contributed by atoms with Gasteiger partial charge < -0.3 is 9.84 Å². The Labute approximate surface area is 109 Å². The number of nitrogens with one attached hydrogen (secondary N) is 1. The fourth-order valence-electron chi connectivity index (χ4n) is 1.81. The van der Waals surface area contributed by atoms with Crippen molar-refractivity contribution in [3.63, 3.8) is 0 Å². The molecule has 0 fully saturated rings. The van der Waals surface area contributed by atoms with E-state index < -0.39 is 0 Å². The monoisotopic (exact) mass is 256 g/mol. The summed E-state index contributed by atoms with van der Waals surface area (Å²) >= 11 is 0. The van der Waals surface area contributed by atoms with E-state index in [2.05, 4.69) is 15.6 Å². The zero-order valence-electron chi connectivity index (χ0n) is 10.3. The van der Waals surface area contributed by atoms with Gasteiger partial charge in [0, 0.05) is 12.3 Å². The van der Waals surface area contributed by atoms with Crippen LogP contribution in [0.1, 0.15) is 21.9 Å². The Morgan fingerprint density at radius 3 is 3.05 bits per heavy atom. The van der Waals surface area contributed by atoms with Crippen molar-refractivity contribution in [2.75, 3.05) is 0 Å². The number of carbonyl (C=O) groups is 1. The van der Waals surface area contributed by atoms with Gasteiger partial charge in [0.25, 0.3) is 5.91 Å². The quantitative estimate of drug-likeness (QED) is 0.771. The van der Waals surface area contributed by atoms with Gasteiger partial charge in [0.2, 0.25) is 0 Å². The molecule has 1 amide bonds. The van der Waals surface area contributed by atoms with Crippen LogP contribution in [0.4, 0.5) is 0 Å². The molecule has 3 heterocycles. The molecule has 0 saturated heterocycles. The molecule has 0 aromatic carbocycles. The van der Waals surface area contributed by atoms with E-state index in [4.69, 9.17) is 4.52 Å². The minimum atomic E-state index is -0.270. The van der Waals surface area contributed by atoms with Crippen LogP contribution in [0.25, 0.3) is 5.52 Å². The molecule has 0 unspecified atom stereocenters. The average Bonchev–Trinajstić information content (AvgIpc) is 3.01. The molecule has 3 aromatic heterocycles. The Kier molecular flexibility index (Phi) is 2.75. The highest BCUT2D eigenvalue weighted by molar-refractivity contribution is 5.92. The summed E-state index contributed by atoms with van der Waals surface area (Å²) in [6, 6.07) is 9.32. The Morgan fingerprint density at radius 2 is 2.32 bits per heavy atom. The molecule has 19 heavy (non-hydrogen) atoms. The average molecular weight is 256 g/mol. The molecule has 0 aliphatic carbocycles. The summed E-state index contributed by atoms with van der Waals surface area (Å²) in [7, 11) is 0. The van der Waals surface area contributed by atoms with Gasteiger partial charge in [-0.15, -0.1) is 0 Å². The predicted molar refractivity (Wildman–Crippen MR) is 67.6 cm³/mol. The molecule has 96 valence electrons. The van der Waals surface area contributed by atoms with Gasteiger partial charge in [0.1, 0.15) is 5.76 Å². The second-order valence-corrected chi connectivity index (χ2v) is 4.21. The van der Waals surface area contributed by atoms with Crippen molar-refractivity contribution >= 4 is 11.4 Å². The van der Waals surface area contributed by atoms with Gasteiger partial charge in [-0.25, -0.2) is 4.52 Å². The molecule has 0 radical (unpaired) electrons. The van der Waals surface area contributed by atoms with Gasteiger partial charge in [-0.3, -0.25) is 4.79 Å².